The molecule has 1 unspecified atom stereocenters. The van der Waals surface area contributed by atoms with E-state index in [9.17, 15) is 0 Å². The number of hydrogen-bond acceptors (Lipinski definition) is 3. The van der Waals surface area contributed by atoms with Crippen LogP contribution in [0.1, 0.15) is 64.1 Å². The summed E-state index contributed by atoms with van der Waals surface area (Å²) >= 11 is 0. The van der Waals surface area contributed by atoms with Crippen LogP contribution in [0.3, 0.4) is 0 Å². The minimum Gasteiger partial charge on any atom is -0.326 e. The second-order valence-electron chi connectivity index (χ2n) is 7.10. The van der Waals surface area contributed by atoms with Crippen LogP contribution < -0.4 is 5.73 Å². The Kier molecular flexibility index (Phi) is 5.44. The molecule has 4 heteroatoms. The molecule has 1 heterocycles. The van der Waals surface area contributed by atoms with Gasteiger partial charge in [-0.2, -0.15) is 5.10 Å². The van der Waals surface area contributed by atoms with Gasteiger partial charge in [-0.15, -0.1) is 0 Å². The highest BCUT2D eigenvalue weighted by molar-refractivity contribution is 5.08. The zero-order valence-electron chi connectivity index (χ0n) is 14.2. The number of nitrogens with two attached hydrogens (primary N) is 1. The van der Waals surface area contributed by atoms with Gasteiger partial charge in [0.1, 0.15) is 0 Å². The largest absolute Gasteiger partial charge is 0.326 e. The molecule has 1 aromatic rings. The Balaban J connectivity index is 2.12. The Morgan fingerprint density at radius 2 is 1.86 bits per heavy atom. The lowest BCUT2D eigenvalue weighted by atomic mass is 9.80. The highest BCUT2D eigenvalue weighted by Crippen LogP contribution is 2.34. The molecule has 2 rings (SSSR count). The van der Waals surface area contributed by atoms with Crippen molar-refractivity contribution in [1.29, 1.82) is 0 Å². The van der Waals surface area contributed by atoms with Crippen LogP contribution in [0.4, 0.5) is 0 Å². The molecule has 1 saturated carbocycles. The Morgan fingerprint density at radius 3 is 2.33 bits per heavy atom. The van der Waals surface area contributed by atoms with E-state index in [0.29, 0.717) is 6.04 Å². The van der Waals surface area contributed by atoms with Crippen molar-refractivity contribution >= 4 is 0 Å². The van der Waals surface area contributed by atoms with Crippen molar-refractivity contribution in [3.8, 4) is 0 Å². The SMILES string of the molecule is CC(C)n1ccc(CC(N)C2(N(C)C)CCCCCC2)n1. The monoisotopic (exact) mass is 292 g/mol. The average Bonchev–Trinajstić information content (AvgIpc) is 2.74. The van der Waals surface area contributed by atoms with E-state index < -0.39 is 0 Å². The summed E-state index contributed by atoms with van der Waals surface area (Å²) < 4.78 is 2.03. The Hall–Kier alpha value is -0.870. The lowest BCUT2D eigenvalue weighted by Gasteiger charge is -2.44. The molecule has 1 atom stereocenters. The van der Waals surface area contributed by atoms with Gasteiger partial charge in [0.05, 0.1) is 5.69 Å². The first kappa shape index (κ1) is 16.5. The lowest BCUT2D eigenvalue weighted by molar-refractivity contribution is 0.0963. The van der Waals surface area contributed by atoms with Crippen molar-refractivity contribution in [2.24, 2.45) is 5.73 Å². The van der Waals surface area contributed by atoms with Crippen LogP contribution >= 0.6 is 0 Å². The fourth-order valence-electron chi connectivity index (χ4n) is 3.68. The van der Waals surface area contributed by atoms with Gasteiger partial charge in [-0.25, -0.2) is 0 Å². The van der Waals surface area contributed by atoms with Crippen LogP contribution in [0, 0.1) is 0 Å². The van der Waals surface area contributed by atoms with E-state index in [1.165, 1.54) is 38.5 Å². The maximum Gasteiger partial charge on any atom is 0.0640 e. The molecule has 0 bridgehead atoms. The summed E-state index contributed by atoms with van der Waals surface area (Å²) in [5, 5.41) is 4.68. The molecule has 0 saturated heterocycles. The van der Waals surface area contributed by atoms with E-state index in [1.807, 2.05) is 4.68 Å². The molecule has 21 heavy (non-hydrogen) atoms. The highest BCUT2D eigenvalue weighted by atomic mass is 15.3. The second-order valence-corrected chi connectivity index (χ2v) is 7.10. The molecule has 0 aromatic carbocycles. The summed E-state index contributed by atoms with van der Waals surface area (Å²) in [6, 6.07) is 2.69. The van der Waals surface area contributed by atoms with Crippen LogP contribution in [-0.2, 0) is 6.42 Å². The van der Waals surface area contributed by atoms with Crippen molar-refractivity contribution in [2.45, 2.75) is 76.4 Å². The quantitative estimate of drug-likeness (QED) is 0.849. The van der Waals surface area contributed by atoms with Gasteiger partial charge < -0.3 is 10.6 Å². The Bertz CT molecular complexity index is 428. The standard InChI is InChI=1S/C17H32N4/c1-14(2)21-12-9-15(19-21)13-16(18)17(20(3)4)10-7-5-6-8-11-17/h9,12,14,16H,5-8,10-11,13,18H2,1-4H3. The van der Waals surface area contributed by atoms with Gasteiger partial charge in [-0.3, -0.25) is 4.68 Å². The maximum atomic E-state index is 6.68. The molecule has 2 N–H and O–H groups in total. The summed E-state index contributed by atoms with van der Waals surface area (Å²) in [4.78, 5) is 2.38. The zero-order chi connectivity index (χ0) is 15.5. The molecule has 1 fully saturated rings. The summed E-state index contributed by atoms with van der Waals surface area (Å²) in [5.41, 5.74) is 7.94. The first-order chi connectivity index (χ1) is 9.95. The van der Waals surface area contributed by atoms with E-state index in [1.54, 1.807) is 0 Å². The van der Waals surface area contributed by atoms with Crippen LogP contribution in [0.25, 0.3) is 0 Å². The van der Waals surface area contributed by atoms with Crippen LogP contribution in [0.2, 0.25) is 0 Å². The molecule has 0 amide bonds. The van der Waals surface area contributed by atoms with Gasteiger partial charge in [-0.05, 0) is 46.9 Å². The molecular formula is C17H32N4. The van der Waals surface area contributed by atoms with E-state index >= 15 is 0 Å². The topological polar surface area (TPSA) is 47.1 Å². The first-order valence-electron chi connectivity index (χ1n) is 8.43. The summed E-state index contributed by atoms with van der Waals surface area (Å²) in [7, 11) is 4.38. The van der Waals surface area contributed by atoms with Crippen LogP contribution in [-0.4, -0.2) is 40.4 Å². The zero-order valence-corrected chi connectivity index (χ0v) is 14.2. The van der Waals surface area contributed by atoms with Gasteiger partial charge >= 0.3 is 0 Å². The number of aromatic nitrogens is 2. The van der Waals surface area contributed by atoms with Crippen LogP contribution in [0.15, 0.2) is 12.3 Å². The molecule has 120 valence electrons. The molecule has 0 spiro atoms. The van der Waals surface area contributed by atoms with E-state index in [-0.39, 0.29) is 11.6 Å². The average molecular weight is 292 g/mol. The summed E-state index contributed by atoms with van der Waals surface area (Å²) in [6.07, 6.45) is 10.7. The third-order valence-corrected chi connectivity index (χ3v) is 5.17. The molecule has 0 radical (unpaired) electrons. The van der Waals surface area contributed by atoms with Gasteiger partial charge in [0.25, 0.3) is 0 Å². The van der Waals surface area contributed by atoms with Gasteiger partial charge in [0.15, 0.2) is 0 Å². The molecule has 1 aliphatic carbocycles. The van der Waals surface area contributed by atoms with Crippen molar-refractivity contribution in [3.05, 3.63) is 18.0 Å². The predicted octanol–water partition coefficient (Wildman–Crippen LogP) is 2.99. The minimum absolute atomic E-state index is 0.137. The molecule has 1 aliphatic rings. The molecule has 4 nitrogen and oxygen atoms in total. The van der Waals surface area contributed by atoms with E-state index in [2.05, 4.69) is 50.2 Å². The summed E-state index contributed by atoms with van der Waals surface area (Å²) in [5.74, 6) is 0. The van der Waals surface area contributed by atoms with Gasteiger partial charge in [-0.1, -0.05) is 25.7 Å². The van der Waals surface area contributed by atoms with Gasteiger partial charge in [0.2, 0.25) is 0 Å². The first-order valence-corrected chi connectivity index (χ1v) is 8.43. The third kappa shape index (κ3) is 3.67. The molecule has 0 aliphatic heterocycles. The van der Waals surface area contributed by atoms with Crippen molar-refractivity contribution in [1.82, 2.24) is 14.7 Å². The molecular weight excluding hydrogens is 260 g/mol. The third-order valence-electron chi connectivity index (χ3n) is 5.17. The fourth-order valence-corrected chi connectivity index (χ4v) is 3.68. The van der Waals surface area contributed by atoms with Crippen molar-refractivity contribution < 1.29 is 0 Å². The maximum absolute atomic E-state index is 6.68. The van der Waals surface area contributed by atoms with Crippen molar-refractivity contribution in [3.63, 3.8) is 0 Å². The number of nitrogens with zero attached hydrogens (tertiary/aromatic N) is 3. The summed E-state index contributed by atoms with van der Waals surface area (Å²) in [6.45, 7) is 4.31. The number of hydrogen-bond donors (Lipinski definition) is 1. The second kappa shape index (κ2) is 6.93. The Labute approximate surface area is 129 Å². The van der Waals surface area contributed by atoms with Crippen molar-refractivity contribution in [2.75, 3.05) is 14.1 Å². The normalized spacial score (nSPS) is 20.7. The minimum atomic E-state index is 0.137. The van der Waals surface area contributed by atoms with E-state index in [0.717, 1.165) is 12.1 Å². The Morgan fingerprint density at radius 1 is 1.24 bits per heavy atom. The van der Waals surface area contributed by atoms with E-state index in [4.69, 9.17) is 5.73 Å². The highest BCUT2D eigenvalue weighted by Gasteiger charge is 2.39. The number of rotatable bonds is 5. The van der Waals surface area contributed by atoms with Gasteiger partial charge in [0, 0.05) is 30.2 Å². The predicted molar refractivity (Wildman–Crippen MR) is 88.4 cm³/mol. The lowest BCUT2D eigenvalue weighted by Crippen LogP contribution is -2.58. The smallest absolute Gasteiger partial charge is 0.0640 e. The number of likely N-dealkylation sites (N-methyl/N-ethyl adjacent to an activating group) is 1. The fraction of sp³-hybridized carbons (Fsp3) is 0.824. The van der Waals surface area contributed by atoms with Crippen LogP contribution in [0.5, 0.6) is 0 Å². The molecule has 1 aromatic heterocycles.